The van der Waals surface area contributed by atoms with Crippen molar-refractivity contribution in [2.75, 3.05) is 19.7 Å². The van der Waals surface area contributed by atoms with Crippen LogP contribution in [0.2, 0.25) is 0 Å². The number of piperidine rings is 2. The van der Waals surface area contributed by atoms with Crippen molar-refractivity contribution >= 4 is 17.7 Å². The van der Waals surface area contributed by atoms with Crippen LogP contribution in [-0.2, 0) is 28.1 Å². The highest BCUT2D eigenvalue weighted by molar-refractivity contribution is 6.05. The number of rotatable bonds is 4. The van der Waals surface area contributed by atoms with Gasteiger partial charge in [0.25, 0.3) is 11.8 Å². The van der Waals surface area contributed by atoms with E-state index in [0.717, 1.165) is 11.3 Å². The van der Waals surface area contributed by atoms with Crippen molar-refractivity contribution in [2.45, 2.75) is 49.7 Å². The Balaban J connectivity index is 1.09. The molecule has 0 radical (unpaired) electrons. The smallest absolute Gasteiger partial charge is 0.273 e. The lowest BCUT2D eigenvalue weighted by Crippen LogP contribution is -2.58. The van der Waals surface area contributed by atoms with E-state index in [1.165, 1.54) is 4.90 Å². The van der Waals surface area contributed by atoms with Crippen molar-refractivity contribution in [1.82, 2.24) is 24.9 Å². The van der Waals surface area contributed by atoms with E-state index < -0.39 is 29.8 Å². The molecule has 2 fully saturated rings. The van der Waals surface area contributed by atoms with Crippen LogP contribution in [0.1, 0.15) is 51.9 Å². The number of likely N-dealkylation sites (tertiary alicyclic amines) is 1. The van der Waals surface area contributed by atoms with E-state index in [-0.39, 0.29) is 44.2 Å². The highest BCUT2D eigenvalue weighted by Gasteiger charge is 2.62. The number of benzene rings is 2. The van der Waals surface area contributed by atoms with Crippen LogP contribution in [0, 0.1) is 11.3 Å². The molecule has 1 aromatic heterocycles. The Hall–Kier alpha value is -4.63. The number of hydrogen-bond acceptors (Lipinski definition) is 7. The zero-order valence-corrected chi connectivity index (χ0v) is 22.5. The maximum Gasteiger partial charge on any atom is 0.273 e. The van der Waals surface area contributed by atoms with E-state index in [4.69, 9.17) is 10.00 Å². The van der Waals surface area contributed by atoms with Crippen molar-refractivity contribution in [2.24, 2.45) is 0 Å². The second kappa shape index (κ2) is 9.46. The first kappa shape index (κ1) is 26.3. The van der Waals surface area contributed by atoms with E-state index >= 15 is 8.78 Å². The number of nitrogens with one attached hydrogen (secondary N) is 1. The molecule has 2 saturated heterocycles. The number of aromatic nitrogens is 2. The van der Waals surface area contributed by atoms with E-state index in [1.807, 2.05) is 0 Å². The monoisotopic (exact) mass is 572 g/mol. The topological polar surface area (TPSA) is 121 Å². The van der Waals surface area contributed by atoms with Gasteiger partial charge in [0.05, 0.1) is 42.0 Å². The number of nitriles is 1. The Bertz CT molecular complexity index is 1680. The standard InChI is InChI=1S/C30H26F2N6O4/c31-30(32)16-36(13-19-12-34-38(14-19)20-3-1-18(11-33)2-4-20)10-9-29(30)17-42-26-22-15-37(24-7-8-25(39)35-27(24)40)28(41)21(22)5-6-23(26)29/h1-6,12,14,24H,7-10,13,15-17H2,(H,35,39,40)/t24-,29?/m0/s1. The number of hydrogen-bond donors (Lipinski definition) is 1. The molecule has 1 N–H and O–H groups in total. The van der Waals surface area contributed by atoms with Crippen LogP contribution in [0.5, 0.6) is 5.75 Å². The Labute approximate surface area is 239 Å². The van der Waals surface area contributed by atoms with E-state index in [1.54, 1.807) is 58.4 Å². The second-order valence-corrected chi connectivity index (χ2v) is 11.4. The first-order valence-electron chi connectivity index (χ1n) is 13.8. The highest BCUT2D eigenvalue weighted by atomic mass is 19.3. The van der Waals surface area contributed by atoms with Gasteiger partial charge < -0.3 is 9.64 Å². The number of amides is 3. The van der Waals surface area contributed by atoms with Crippen LogP contribution in [0.25, 0.3) is 5.69 Å². The van der Waals surface area contributed by atoms with Gasteiger partial charge in [-0.2, -0.15) is 10.4 Å². The maximum atomic E-state index is 16.1. The predicted molar refractivity (Wildman–Crippen MR) is 143 cm³/mol. The SMILES string of the molecule is N#Cc1ccc(-n2cc(CN3CCC4(COc5c4ccc4c5CN([C@H]5CCC(=O)NC5=O)C4=O)C(F)(F)C3)cn2)cc1. The van der Waals surface area contributed by atoms with Gasteiger partial charge in [0.1, 0.15) is 18.4 Å². The van der Waals surface area contributed by atoms with Crippen LogP contribution < -0.4 is 10.1 Å². The minimum atomic E-state index is -3.11. The summed E-state index contributed by atoms with van der Waals surface area (Å²) in [5.74, 6) is -4.06. The van der Waals surface area contributed by atoms with Crippen molar-refractivity contribution < 1.29 is 27.9 Å². The normalized spacial score (nSPS) is 24.7. The molecule has 3 amide bonds. The van der Waals surface area contributed by atoms with Crippen LogP contribution in [0.15, 0.2) is 48.8 Å². The fraction of sp³-hybridized carbons (Fsp3) is 0.367. The van der Waals surface area contributed by atoms with Gasteiger partial charge in [-0.3, -0.25) is 24.6 Å². The van der Waals surface area contributed by atoms with Crippen LogP contribution >= 0.6 is 0 Å². The molecule has 1 unspecified atom stereocenters. The quantitative estimate of drug-likeness (QED) is 0.478. The third kappa shape index (κ3) is 3.99. The van der Waals surface area contributed by atoms with Gasteiger partial charge in [0.15, 0.2) is 0 Å². The number of fused-ring (bicyclic) bond motifs is 4. The summed E-state index contributed by atoms with van der Waals surface area (Å²) in [7, 11) is 0. The zero-order valence-electron chi connectivity index (χ0n) is 22.5. The van der Waals surface area contributed by atoms with Gasteiger partial charge in [-0.1, -0.05) is 6.07 Å². The van der Waals surface area contributed by atoms with Crippen LogP contribution in [0.3, 0.4) is 0 Å². The lowest BCUT2D eigenvalue weighted by atomic mass is 9.71. The fourth-order valence-corrected chi connectivity index (χ4v) is 6.65. The average molecular weight is 573 g/mol. The fourth-order valence-electron chi connectivity index (χ4n) is 6.65. The molecule has 3 aromatic rings. The van der Waals surface area contributed by atoms with Crippen molar-refractivity contribution in [3.8, 4) is 17.5 Å². The third-order valence-electron chi connectivity index (χ3n) is 8.93. The Kier molecular flexibility index (Phi) is 5.92. The summed E-state index contributed by atoms with van der Waals surface area (Å²) in [6, 6.07) is 11.4. The molecule has 42 heavy (non-hydrogen) atoms. The summed E-state index contributed by atoms with van der Waals surface area (Å²) in [5.41, 5.74) is 1.84. The van der Waals surface area contributed by atoms with Crippen LogP contribution in [-0.4, -0.2) is 69.0 Å². The Morgan fingerprint density at radius 2 is 1.95 bits per heavy atom. The molecule has 12 heteroatoms. The number of imide groups is 1. The lowest BCUT2D eigenvalue weighted by Gasteiger charge is -2.44. The van der Waals surface area contributed by atoms with Gasteiger partial charge in [0, 0.05) is 41.4 Å². The molecule has 0 bridgehead atoms. The average Bonchev–Trinajstić information content (AvgIpc) is 3.68. The second-order valence-electron chi connectivity index (χ2n) is 11.4. The molecule has 0 saturated carbocycles. The summed E-state index contributed by atoms with van der Waals surface area (Å²) in [6.45, 7) is 0.133. The molecular weight excluding hydrogens is 546 g/mol. The summed E-state index contributed by atoms with van der Waals surface area (Å²) in [4.78, 5) is 40.3. The number of ether oxygens (including phenoxy) is 1. The summed E-state index contributed by atoms with van der Waals surface area (Å²) < 4.78 is 39.8. The highest BCUT2D eigenvalue weighted by Crippen LogP contribution is 2.55. The van der Waals surface area contributed by atoms with E-state index in [9.17, 15) is 14.4 Å². The first-order valence-corrected chi connectivity index (χ1v) is 13.8. The van der Waals surface area contributed by atoms with Gasteiger partial charge in [-0.15, -0.1) is 0 Å². The van der Waals surface area contributed by atoms with Gasteiger partial charge in [0.2, 0.25) is 11.8 Å². The zero-order chi connectivity index (χ0) is 29.2. The largest absolute Gasteiger partial charge is 0.492 e. The third-order valence-corrected chi connectivity index (χ3v) is 8.93. The lowest BCUT2D eigenvalue weighted by molar-refractivity contribution is -0.137. The van der Waals surface area contributed by atoms with Crippen LogP contribution in [0.4, 0.5) is 8.78 Å². The number of nitrogens with zero attached hydrogens (tertiary/aromatic N) is 5. The van der Waals surface area contributed by atoms with Gasteiger partial charge in [-0.05, 0) is 49.7 Å². The molecule has 0 aliphatic carbocycles. The summed E-state index contributed by atoms with van der Waals surface area (Å²) in [6.07, 6.45) is 3.97. The maximum absolute atomic E-state index is 16.1. The summed E-state index contributed by atoms with van der Waals surface area (Å²) >= 11 is 0. The van der Waals surface area contributed by atoms with Crippen molar-refractivity contribution in [3.05, 3.63) is 76.6 Å². The predicted octanol–water partition coefficient (Wildman–Crippen LogP) is 2.68. The molecule has 214 valence electrons. The molecule has 2 atom stereocenters. The molecule has 4 aliphatic rings. The van der Waals surface area contributed by atoms with Gasteiger partial charge in [-0.25, -0.2) is 13.5 Å². The van der Waals surface area contributed by atoms with E-state index in [2.05, 4.69) is 16.5 Å². The van der Waals surface area contributed by atoms with Crippen molar-refractivity contribution in [1.29, 1.82) is 5.26 Å². The summed E-state index contributed by atoms with van der Waals surface area (Å²) in [5, 5.41) is 15.6. The molecule has 7 rings (SSSR count). The minimum Gasteiger partial charge on any atom is -0.492 e. The number of carbonyl (C=O) groups excluding carboxylic acids is 3. The first-order chi connectivity index (χ1) is 20.2. The molecule has 5 heterocycles. The molecular formula is C30H26F2N6O4. The Morgan fingerprint density at radius 3 is 2.69 bits per heavy atom. The molecule has 1 spiro atoms. The van der Waals surface area contributed by atoms with E-state index in [0.29, 0.717) is 41.1 Å². The number of alkyl halides is 2. The molecule has 2 aromatic carbocycles. The Morgan fingerprint density at radius 1 is 1.14 bits per heavy atom. The minimum absolute atomic E-state index is 0.0701. The molecule has 10 nitrogen and oxygen atoms in total. The van der Waals surface area contributed by atoms with Crippen molar-refractivity contribution in [3.63, 3.8) is 0 Å². The number of halogens is 2. The molecule has 4 aliphatic heterocycles. The van der Waals surface area contributed by atoms with Gasteiger partial charge >= 0.3 is 0 Å². The number of carbonyl (C=O) groups is 3.